The largest absolute Gasteiger partial charge is 0.423 e. The van der Waals surface area contributed by atoms with E-state index < -0.39 is 15.9 Å². The maximum Gasteiger partial charge on any atom is 0.359 e. The molecule has 0 unspecified atom stereocenters. The second kappa shape index (κ2) is 4.11. The molecule has 0 saturated heterocycles. The van der Waals surface area contributed by atoms with Gasteiger partial charge in [-0.3, -0.25) is 8.86 Å². The molecule has 0 radical (unpaired) electrons. The molecule has 18 heavy (non-hydrogen) atoms. The summed E-state index contributed by atoms with van der Waals surface area (Å²) in [5.41, 5.74) is 0.709. The van der Waals surface area contributed by atoms with Gasteiger partial charge in [-0.05, 0) is 24.6 Å². The highest BCUT2D eigenvalue weighted by Gasteiger charge is 2.15. The van der Waals surface area contributed by atoms with Gasteiger partial charge >= 0.3 is 15.9 Å². The molecule has 0 aliphatic carbocycles. The number of aryl methyl sites for hydroxylation is 1. The standard InChI is InChI=1S/C11H11NO5S/c1-7-5-11(13)17-10-6-8(3-4-9(7)10)12(2)18(14,15)16/h3-6H,1-2H3,(H,14,15,16). The van der Waals surface area contributed by atoms with Crippen molar-refractivity contribution in [2.45, 2.75) is 6.92 Å². The Balaban J connectivity index is 2.68. The van der Waals surface area contributed by atoms with Crippen molar-refractivity contribution in [2.24, 2.45) is 0 Å². The fourth-order valence-electron chi connectivity index (χ4n) is 1.64. The summed E-state index contributed by atoms with van der Waals surface area (Å²) in [5.74, 6) is 0. The quantitative estimate of drug-likeness (QED) is 0.656. The molecule has 0 fully saturated rings. The van der Waals surface area contributed by atoms with Crippen molar-refractivity contribution in [3.8, 4) is 0 Å². The van der Waals surface area contributed by atoms with Gasteiger partial charge in [0.2, 0.25) is 0 Å². The zero-order valence-corrected chi connectivity index (χ0v) is 10.6. The van der Waals surface area contributed by atoms with Gasteiger partial charge in [0.1, 0.15) is 5.58 Å². The molecule has 0 aliphatic heterocycles. The van der Waals surface area contributed by atoms with Crippen molar-refractivity contribution in [2.75, 3.05) is 11.4 Å². The summed E-state index contributed by atoms with van der Waals surface area (Å²) in [6.45, 7) is 1.76. The van der Waals surface area contributed by atoms with Crippen LogP contribution in [0.5, 0.6) is 0 Å². The van der Waals surface area contributed by atoms with Gasteiger partial charge in [-0.25, -0.2) is 4.79 Å². The van der Waals surface area contributed by atoms with Crippen LogP contribution in [-0.2, 0) is 10.3 Å². The van der Waals surface area contributed by atoms with E-state index in [4.69, 9.17) is 8.97 Å². The van der Waals surface area contributed by atoms with Crippen LogP contribution in [0.15, 0.2) is 33.5 Å². The number of hydrogen-bond acceptors (Lipinski definition) is 4. The maximum atomic E-state index is 11.2. The first-order valence-electron chi connectivity index (χ1n) is 5.05. The van der Waals surface area contributed by atoms with Crippen LogP contribution in [0, 0.1) is 6.92 Å². The second-order valence-corrected chi connectivity index (χ2v) is 5.32. The highest BCUT2D eigenvalue weighted by atomic mass is 32.2. The molecule has 1 aromatic carbocycles. The van der Waals surface area contributed by atoms with Gasteiger partial charge in [0.05, 0.1) is 5.69 Å². The minimum atomic E-state index is -4.33. The maximum absolute atomic E-state index is 11.2. The zero-order chi connectivity index (χ0) is 13.5. The van der Waals surface area contributed by atoms with E-state index in [1.54, 1.807) is 13.0 Å². The van der Waals surface area contributed by atoms with Crippen LogP contribution in [-0.4, -0.2) is 20.0 Å². The molecule has 1 aromatic heterocycles. The summed E-state index contributed by atoms with van der Waals surface area (Å²) in [4.78, 5) is 11.2. The van der Waals surface area contributed by atoms with Crippen molar-refractivity contribution in [3.63, 3.8) is 0 Å². The number of fused-ring (bicyclic) bond motifs is 1. The Labute approximate surface area is 103 Å². The fraction of sp³-hybridized carbons (Fsp3) is 0.182. The van der Waals surface area contributed by atoms with Gasteiger partial charge < -0.3 is 4.42 Å². The minimum absolute atomic E-state index is 0.207. The molecule has 0 saturated carbocycles. The summed E-state index contributed by atoms with van der Waals surface area (Å²) in [6, 6.07) is 5.89. The van der Waals surface area contributed by atoms with Crippen molar-refractivity contribution in [3.05, 3.63) is 40.2 Å². The van der Waals surface area contributed by atoms with Crippen LogP contribution in [0.3, 0.4) is 0 Å². The molecular formula is C11H11NO5S. The summed E-state index contributed by atoms with van der Waals surface area (Å²) in [5, 5.41) is 0.710. The molecule has 1 heterocycles. The van der Waals surface area contributed by atoms with Crippen LogP contribution < -0.4 is 9.93 Å². The van der Waals surface area contributed by atoms with Gasteiger partial charge in [-0.15, -0.1) is 0 Å². The minimum Gasteiger partial charge on any atom is -0.423 e. The Hall–Kier alpha value is -1.86. The van der Waals surface area contributed by atoms with E-state index in [2.05, 4.69) is 0 Å². The molecule has 2 rings (SSSR count). The predicted molar refractivity (Wildman–Crippen MR) is 67.2 cm³/mol. The van der Waals surface area contributed by atoms with Gasteiger partial charge in [-0.2, -0.15) is 8.42 Å². The van der Waals surface area contributed by atoms with Crippen molar-refractivity contribution >= 4 is 27.0 Å². The van der Waals surface area contributed by atoms with E-state index in [1.165, 1.54) is 25.2 Å². The Morgan fingerprint density at radius 3 is 2.56 bits per heavy atom. The summed E-state index contributed by atoms with van der Waals surface area (Å²) < 4.78 is 36.6. The lowest BCUT2D eigenvalue weighted by Gasteiger charge is -2.15. The van der Waals surface area contributed by atoms with Gasteiger partial charge in [0, 0.05) is 24.6 Å². The lowest BCUT2D eigenvalue weighted by atomic mass is 10.1. The number of benzene rings is 1. The summed E-state index contributed by atoms with van der Waals surface area (Å²) in [6.07, 6.45) is 0. The highest BCUT2D eigenvalue weighted by molar-refractivity contribution is 7.87. The smallest absolute Gasteiger partial charge is 0.359 e. The van der Waals surface area contributed by atoms with Crippen LogP contribution in [0.2, 0.25) is 0 Å². The lowest BCUT2D eigenvalue weighted by molar-refractivity contribution is 0.481. The van der Waals surface area contributed by atoms with Crippen molar-refractivity contribution in [1.82, 2.24) is 0 Å². The van der Waals surface area contributed by atoms with Crippen LogP contribution in [0.1, 0.15) is 5.56 Å². The first kappa shape index (κ1) is 12.6. The number of nitrogens with zero attached hydrogens (tertiary/aromatic N) is 1. The van der Waals surface area contributed by atoms with Gasteiger partial charge in [-0.1, -0.05) is 0 Å². The number of hydrogen-bond donors (Lipinski definition) is 1. The molecular weight excluding hydrogens is 258 g/mol. The highest BCUT2D eigenvalue weighted by Crippen LogP contribution is 2.23. The van der Waals surface area contributed by atoms with E-state index in [1.807, 2.05) is 0 Å². The number of rotatable bonds is 2. The summed E-state index contributed by atoms with van der Waals surface area (Å²) in [7, 11) is -3.13. The van der Waals surface area contributed by atoms with Crippen molar-refractivity contribution < 1.29 is 17.4 Å². The van der Waals surface area contributed by atoms with E-state index in [0.29, 0.717) is 9.69 Å². The third-order valence-corrected chi connectivity index (χ3v) is 3.55. The SMILES string of the molecule is Cc1cc(=O)oc2cc(N(C)S(=O)(=O)O)ccc12. The van der Waals surface area contributed by atoms with E-state index in [0.717, 1.165) is 5.56 Å². The average molecular weight is 269 g/mol. The lowest BCUT2D eigenvalue weighted by Crippen LogP contribution is -2.25. The Morgan fingerprint density at radius 2 is 1.94 bits per heavy atom. The molecule has 1 N–H and O–H groups in total. The third kappa shape index (κ3) is 2.22. The van der Waals surface area contributed by atoms with E-state index in [-0.39, 0.29) is 11.3 Å². The zero-order valence-electron chi connectivity index (χ0n) is 9.75. The molecule has 96 valence electrons. The Bertz CT molecular complexity index is 763. The first-order chi connectivity index (χ1) is 8.29. The van der Waals surface area contributed by atoms with Crippen LogP contribution in [0.4, 0.5) is 5.69 Å². The summed E-state index contributed by atoms with van der Waals surface area (Å²) >= 11 is 0. The molecule has 0 atom stereocenters. The van der Waals surface area contributed by atoms with E-state index >= 15 is 0 Å². The molecule has 2 aromatic rings. The Morgan fingerprint density at radius 1 is 1.28 bits per heavy atom. The first-order valence-corrected chi connectivity index (χ1v) is 6.44. The predicted octanol–water partition coefficient (Wildman–Crippen LogP) is 1.34. The molecule has 6 nitrogen and oxygen atoms in total. The molecule has 0 amide bonds. The van der Waals surface area contributed by atoms with E-state index in [9.17, 15) is 13.2 Å². The number of anilines is 1. The van der Waals surface area contributed by atoms with Gasteiger partial charge in [0.15, 0.2) is 0 Å². The second-order valence-electron chi connectivity index (χ2n) is 3.87. The monoisotopic (exact) mass is 269 g/mol. The van der Waals surface area contributed by atoms with Gasteiger partial charge in [0.25, 0.3) is 0 Å². The van der Waals surface area contributed by atoms with Crippen molar-refractivity contribution in [1.29, 1.82) is 0 Å². The molecule has 0 spiro atoms. The third-order valence-electron chi connectivity index (χ3n) is 2.64. The molecule has 7 heteroatoms. The van der Waals surface area contributed by atoms with Crippen LogP contribution in [0.25, 0.3) is 11.0 Å². The van der Waals surface area contributed by atoms with Crippen LogP contribution >= 0.6 is 0 Å². The average Bonchev–Trinajstić information content (AvgIpc) is 2.25. The molecule has 0 aliphatic rings. The normalized spacial score (nSPS) is 11.7. The fourth-order valence-corrected chi connectivity index (χ4v) is 2.02. The molecule has 0 bridgehead atoms. The topological polar surface area (TPSA) is 87.8 Å². The Kier molecular flexibility index (Phi) is 2.88.